The normalized spacial score (nSPS) is 12.5. The summed E-state index contributed by atoms with van der Waals surface area (Å²) in [5, 5.41) is 30.3. The standard InChI is InChI=1S/C22H30N2O2.C11H18N2O.C11H14O2/c1-22(2,18-8-6-5-7-9-18)15-21(26)23-16-19(24(3)4)14-17-10-12-20(25)13-11-17;1-13(2)10(8-12)7-9-3-5-11(14)6-4-9;1-11(2,8-10(12)13)9-6-4-3-5-7-9/h5-13,19,25H,14-16H2,1-4H3,(H,23,26);3-6,10,14H,7-8,12H2,1-2H3;3-7H,8H2,1-2H3,(H,12,13)/t19-;10-;/m00./s1. The fraction of sp³-hybridized carbons (Fsp3) is 0.409. The molecule has 2 atom stereocenters. The van der Waals surface area contributed by atoms with Gasteiger partial charge < -0.3 is 36.2 Å². The zero-order valence-corrected chi connectivity index (χ0v) is 32.9. The number of aliphatic carboxylic acids is 1. The van der Waals surface area contributed by atoms with Gasteiger partial charge in [0, 0.05) is 37.0 Å². The van der Waals surface area contributed by atoms with E-state index < -0.39 is 5.97 Å². The van der Waals surface area contributed by atoms with Gasteiger partial charge in [0.15, 0.2) is 0 Å². The highest BCUT2D eigenvalue weighted by atomic mass is 16.4. The maximum Gasteiger partial charge on any atom is 0.304 e. The molecule has 0 spiro atoms. The number of nitrogens with zero attached hydrogens (tertiary/aromatic N) is 2. The molecule has 1 amide bonds. The summed E-state index contributed by atoms with van der Waals surface area (Å²) in [5.41, 5.74) is 9.75. The Labute approximate surface area is 317 Å². The number of benzene rings is 4. The zero-order chi connectivity index (χ0) is 39.6. The highest BCUT2D eigenvalue weighted by Gasteiger charge is 2.25. The largest absolute Gasteiger partial charge is 0.508 e. The Kier molecular flexibility index (Phi) is 18.2. The van der Waals surface area contributed by atoms with E-state index in [-0.39, 0.29) is 34.9 Å². The summed E-state index contributed by atoms with van der Waals surface area (Å²) in [6.07, 6.45) is 2.35. The summed E-state index contributed by atoms with van der Waals surface area (Å²) in [6, 6.07) is 34.9. The van der Waals surface area contributed by atoms with Crippen LogP contribution in [0.1, 0.15) is 62.8 Å². The second-order valence-electron chi connectivity index (χ2n) is 15.3. The van der Waals surface area contributed by atoms with Gasteiger partial charge in [0.25, 0.3) is 0 Å². The monoisotopic (exact) mass is 726 g/mol. The van der Waals surface area contributed by atoms with Crippen LogP contribution in [0.5, 0.6) is 11.5 Å². The Balaban J connectivity index is 0.000000303. The number of nitrogens with one attached hydrogen (secondary N) is 1. The minimum absolute atomic E-state index is 0.0661. The lowest BCUT2D eigenvalue weighted by Crippen LogP contribution is -2.42. The van der Waals surface area contributed by atoms with Gasteiger partial charge in [0.1, 0.15) is 11.5 Å². The van der Waals surface area contributed by atoms with Crippen molar-refractivity contribution in [1.29, 1.82) is 0 Å². The molecule has 0 bridgehead atoms. The van der Waals surface area contributed by atoms with Crippen LogP contribution in [-0.4, -0.2) is 90.4 Å². The third-order valence-corrected chi connectivity index (χ3v) is 9.39. The van der Waals surface area contributed by atoms with Gasteiger partial charge in [-0.05, 0) is 93.0 Å². The van der Waals surface area contributed by atoms with Crippen molar-refractivity contribution in [2.45, 2.75) is 76.3 Å². The molecular formula is C44H62N4O5. The molecule has 0 saturated carbocycles. The molecule has 288 valence electrons. The minimum Gasteiger partial charge on any atom is -0.508 e. The molecule has 0 fully saturated rings. The first-order valence-electron chi connectivity index (χ1n) is 18.1. The lowest BCUT2D eigenvalue weighted by molar-refractivity contribution is -0.138. The van der Waals surface area contributed by atoms with Gasteiger partial charge in [-0.25, -0.2) is 0 Å². The van der Waals surface area contributed by atoms with E-state index in [1.165, 1.54) is 11.1 Å². The van der Waals surface area contributed by atoms with Crippen LogP contribution in [-0.2, 0) is 33.3 Å². The summed E-state index contributed by atoms with van der Waals surface area (Å²) in [6.45, 7) is 9.32. The maximum atomic E-state index is 12.5. The van der Waals surface area contributed by atoms with E-state index >= 15 is 0 Å². The average molecular weight is 727 g/mol. The van der Waals surface area contributed by atoms with Gasteiger partial charge in [0.2, 0.25) is 5.91 Å². The molecule has 4 rings (SSSR count). The topological polar surface area (TPSA) is 139 Å². The number of nitrogens with two attached hydrogens (primary N) is 1. The van der Waals surface area contributed by atoms with Crippen LogP contribution in [0.25, 0.3) is 0 Å². The number of carboxylic acid groups (broad SMARTS) is 1. The molecule has 6 N–H and O–H groups in total. The van der Waals surface area contributed by atoms with Crippen molar-refractivity contribution in [1.82, 2.24) is 15.1 Å². The molecule has 9 heteroatoms. The smallest absolute Gasteiger partial charge is 0.304 e. The van der Waals surface area contributed by atoms with Crippen LogP contribution in [0.15, 0.2) is 109 Å². The maximum absolute atomic E-state index is 12.5. The second kappa shape index (κ2) is 21.7. The molecule has 0 aliphatic rings. The fourth-order valence-corrected chi connectivity index (χ4v) is 5.78. The van der Waals surface area contributed by atoms with Crippen LogP contribution < -0.4 is 11.1 Å². The number of likely N-dealkylation sites (N-methyl/N-ethyl adjacent to an activating group) is 2. The van der Waals surface area contributed by atoms with Gasteiger partial charge in [0.05, 0.1) is 6.42 Å². The highest BCUT2D eigenvalue weighted by molar-refractivity contribution is 5.77. The van der Waals surface area contributed by atoms with E-state index in [2.05, 4.69) is 41.1 Å². The van der Waals surface area contributed by atoms with Crippen molar-refractivity contribution in [2.24, 2.45) is 5.73 Å². The first kappa shape index (κ1) is 44.5. The van der Waals surface area contributed by atoms with Crippen molar-refractivity contribution in [2.75, 3.05) is 41.3 Å². The van der Waals surface area contributed by atoms with Crippen molar-refractivity contribution in [3.63, 3.8) is 0 Å². The van der Waals surface area contributed by atoms with Gasteiger partial charge in [-0.1, -0.05) is 113 Å². The van der Waals surface area contributed by atoms with Crippen LogP contribution in [0, 0.1) is 0 Å². The third kappa shape index (κ3) is 16.7. The minimum atomic E-state index is -0.756. The molecule has 53 heavy (non-hydrogen) atoms. The number of phenolic OH excluding ortho intramolecular Hbond substituents is 2. The van der Waals surface area contributed by atoms with Crippen LogP contribution >= 0.6 is 0 Å². The predicted molar refractivity (Wildman–Crippen MR) is 216 cm³/mol. The molecule has 0 saturated heterocycles. The average Bonchev–Trinajstić information content (AvgIpc) is 3.11. The number of amides is 1. The summed E-state index contributed by atoms with van der Waals surface area (Å²) in [7, 11) is 8.09. The summed E-state index contributed by atoms with van der Waals surface area (Å²) in [4.78, 5) is 27.3. The molecule has 0 radical (unpaired) electrons. The third-order valence-electron chi connectivity index (χ3n) is 9.39. The SMILES string of the molecule is CC(C)(CC(=O)O)c1ccccc1.CN(C)[C@H](CN)Cc1ccc(O)cc1.CN(C)[C@H](CNC(=O)CC(C)(C)c1ccccc1)Cc1ccc(O)cc1. The van der Waals surface area contributed by atoms with Crippen molar-refractivity contribution in [3.05, 3.63) is 131 Å². The molecule has 9 nitrogen and oxygen atoms in total. The van der Waals surface area contributed by atoms with Crippen molar-refractivity contribution < 1.29 is 24.9 Å². The Bertz CT molecular complexity index is 1620. The molecular weight excluding hydrogens is 665 g/mol. The second-order valence-corrected chi connectivity index (χ2v) is 15.3. The lowest BCUT2D eigenvalue weighted by atomic mass is 9.81. The van der Waals surface area contributed by atoms with Gasteiger partial charge in [-0.2, -0.15) is 0 Å². The molecule has 0 aliphatic heterocycles. The van der Waals surface area contributed by atoms with E-state index in [0.29, 0.717) is 31.3 Å². The molecule has 0 aromatic heterocycles. The molecule has 4 aromatic carbocycles. The number of carboxylic acids is 1. The van der Waals surface area contributed by atoms with Crippen LogP contribution in [0.3, 0.4) is 0 Å². The summed E-state index contributed by atoms with van der Waals surface area (Å²) < 4.78 is 0. The summed E-state index contributed by atoms with van der Waals surface area (Å²) >= 11 is 0. The number of rotatable bonds is 15. The molecule has 0 unspecified atom stereocenters. The number of aromatic hydroxyl groups is 2. The Morgan fingerprint density at radius 1 is 0.623 bits per heavy atom. The Hall–Kier alpha value is -4.70. The van der Waals surface area contributed by atoms with Gasteiger partial charge >= 0.3 is 5.97 Å². The number of carbonyl (C=O) groups excluding carboxylic acids is 1. The molecule has 4 aromatic rings. The molecule has 0 aliphatic carbocycles. The Morgan fingerprint density at radius 2 is 1.00 bits per heavy atom. The van der Waals surface area contributed by atoms with Crippen molar-refractivity contribution in [3.8, 4) is 11.5 Å². The van der Waals surface area contributed by atoms with Gasteiger partial charge in [-0.3, -0.25) is 9.59 Å². The number of hydrogen-bond acceptors (Lipinski definition) is 7. The van der Waals surface area contributed by atoms with Crippen LogP contribution in [0.2, 0.25) is 0 Å². The molecule has 0 heterocycles. The Morgan fingerprint density at radius 3 is 1.36 bits per heavy atom. The fourth-order valence-electron chi connectivity index (χ4n) is 5.78. The van der Waals surface area contributed by atoms with Gasteiger partial charge in [-0.15, -0.1) is 0 Å². The first-order chi connectivity index (χ1) is 24.9. The van der Waals surface area contributed by atoms with E-state index in [0.717, 1.165) is 24.0 Å². The zero-order valence-electron chi connectivity index (χ0n) is 32.9. The number of carbonyl (C=O) groups is 2. The van der Waals surface area contributed by atoms with E-state index in [1.54, 1.807) is 24.3 Å². The number of phenols is 2. The summed E-state index contributed by atoms with van der Waals surface area (Å²) in [5.74, 6) is -0.111. The van der Waals surface area contributed by atoms with E-state index in [9.17, 15) is 14.7 Å². The van der Waals surface area contributed by atoms with E-state index in [1.807, 2.05) is 115 Å². The van der Waals surface area contributed by atoms with E-state index in [4.69, 9.17) is 15.9 Å². The van der Waals surface area contributed by atoms with Crippen LogP contribution in [0.4, 0.5) is 0 Å². The number of hydrogen-bond donors (Lipinski definition) is 5. The van der Waals surface area contributed by atoms with Crippen molar-refractivity contribution >= 4 is 11.9 Å². The first-order valence-corrected chi connectivity index (χ1v) is 18.1. The quantitative estimate of drug-likeness (QED) is 0.0923. The predicted octanol–water partition coefficient (Wildman–Crippen LogP) is 6.61. The lowest BCUT2D eigenvalue weighted by Gasteiger charge is -2.27. The highest BCUT2D eigenvalue weighted by Crippen LogP contribution is 2.27.